The molecule has 0 bridgehead atoms. The Labute approximate surface area is 234 Å². The first-order valence-corrected chi connectivity index (χ1v) is 14.7. The van der Waals surface area contributed by atoms with E-state index in [1.165, 1.54) is 92.4 Å². The first-order valence-electron chi connectivity index (χ1n) is 14.7. The van der Waals surface area contributed by atoms with Crippen LogP contribution in [0.25, 0.3) is 34.4 Å². The predicted molar refractivity (Wildman–Crippen MR) is 167 cm³/mol. The zero-order valence-corrected chi connectivity index (χ0v) is 23.8. The molecule has 3 aliphatic carbocycles. The van der Waals surface area contributed by atoms with Gasteiger partial charge in [-0.3, -0.25) is 0 Å². The van der Waals surface area contributed by atoms with Gasteiger partial charge in [0.15, 0.2) is 0 Å². The summed E-state index contributed by atoms with van der Waals surface area (Å²) < 4.78 is 0. The van der Waals surface area contributed by atoms with Crippen LogP contribution in [-0.4, -0.2) is 0 Å². The first-order chi connectivity index (χ1) is 18.9. The van der Waals surface area contributed by atoms with Gasteiger partial charge in [0.2, 0.25) is 0 Å². The van der Waals surface area contributed by atoms with Crippen LogP contribution >= 0.6 is 0 Å². The normalized spacial score (nSPS) is 17.1. The molecule has 0 heterocycles. The smallest absolute Gasteiger partial charge is 0.0134 e. The summed E-state index contributed by atoms with van der Waals surface area (Å²) in [6, 6.07) is 27.7. The summed E-state index contributed by atoms with van der Waals surface area (Å²) >= 11 is 0. The molecule has 7 rings (SSSR count). The Morgan fingerprint density at radius 1 is 0.513 bits per heavy atom. The maximum Gasteiger partial charge on any atom is 0.0134 e. The van der Waals surface area contributed by atoms with Crippen molar-refractivity contribution in [2.45, 2.75) is 66.2 Å². The monoisotopic (exact) mass is 506 g/mol. The van der Waals surface area contributed by atoms with Gasteiger partial charge in [-0.05, 0) is 109 Å². The second-order valence-electron chi connectivity index (χ2n) is 12.4. The van der Waals surface area contributed by atoms with Crippen molar-refractivity contribution in [2.24, 2.45) is 5.41 Å². The van der Waals surface area contributed by atoms with Crippen LogP contribution in [-0.2, 0) is 12.8 Å². The molecule has 0 unspecified atom stereocenters. The molecule has 0 atom stereocenters. The maximum atomic E-state index is 2.60. The third-order valence-electron chi connectivity index (χ3n) is 9.84. The van der Waals surface area contributed by atoms with Crippen molar-refractivity contribution in [3.8, 4) is 22.3 Å². The van der Waals surface area contributed by atoms with Crippen LogP contribution in [0.15, 0.2) is 83.9 Å². The van der Waals surface area contributed by atoms with Crippen molar-refractivity contribution in [3.05, 3.63) is 128 Å². The van der Waals surface area contributed by atoms with Gasteiger partial charge < -0.3 is 0 Å². The highest BCUT2D eigenvalue weighted by atomic mass is 14.5. The van der Waals surface area contributed by atoms with Crippen LogP contribution in [0, 0.1) is 33.1 Å². The van der Waals surface area contributed by atoms with Crippen LogP contribution < -0.4 is 0 Å². The molecule has 4 aromatic rings. The Hall–Kier alpha value is -3.64. The van der Waals surface area contributed by atoms with Gasteiger partial charge in [-0.1, -0.05) is 120 Å². The average Bonchev–Trinajstić information content (AvgIpc) is 3.69. The van der Waals surface area contributed by atoms with E-state index < -0.39 is 0 Å². The van der Waals surface area contributed by atoms with Crippen molar-refractivity contribution in [2.75, 3.05) is 0 Å². The Bertz CT molecular complexity index is 1560. The molecule has 0 spiro atoms. The topological polar surface area (TPSA) is 0 Å². The Morgan fingerprint density at radius 2 is 0.974 bits per heavy atom. The van der Waals surface area contributed by atoms with E-state index in [2.05, 4.69) is 113 Å². The minimum absolute atomic E-state index is 0.190. The molecule has 0 heteroatoms. The van der Waals surface area contributed by atoms with Crippen LogP contribution in [0.3, 0.4) is 0 Å². The molecule has 0 radical (unpaired) electrons. The predicted octanol–water partition coefficient (Wildman–Crippen LogP) is 10.4. The van der Waals surface area contributed by atoms with E-state index in [1.807, 2.05) is 0 Å². The van der Waals surface area contributed by atoms with Gasteiger partial charge in [0.05, 0.1) is 0 Å². The fourth-order valence-electron chi connectivity index (χ4n) is 7.70. The third-order valence-corrected chi connectivity index (χ3v) is 9.84. The molecule has 194 valence electrons. The lowest BCUT2D eigenvalue weighted by Crippen LogP contribution is -2.22. The molecule has 0 nitrogen and oxygen atoms in total. The highest BCUT2D eigenvalue weighted by Crippen LogP contribution is 2.57. The summed E-state index contributed by atoms with van der Waals surface area (Å²) in [5.74, 6) is 0. The van der Waals surface area contributed by atoms with Crippen molar-refractivity contribution in [1.82, 2.24) is 0 Å². The standard InChI is InChI=1S/C39H38/c1-25-13-15-27(3)35(19-25)33-11-7-9-29-21-31(23-37(29)33)39(17-5-6-18-39)32-22-30-10-8-12-34(38(30)24-32)36-20-26(2)14-16-28(36)4/h7-16,19-20,23-24H,5-6,17-18,21-22H2,1-4H3. The van der Waals surface area contributed by atoms with E-state index in [1.54, 1.807) is 11.1 Å². The molecule has 1 saturated carbocycles. The minimum Gasteiger partial charge on any atom is -0.0613 e. The van der Waals surface area contributed by atoms with E-state index >= 15 is 0 Å². The lowest BCUT2D eigenvalue weighted by molar-refractivity contribution is 0.437. The zero-order valence-electron chi connectivity index (χ0n) is 23.8. The summed E-state index contributed by atoms with van der Waals surface area (Å²) in [5, 5.41) is 0. The molecule has 0 aliphatic heterocycles. The molecule has 0 N–H and O–H groups in total. The fourth-order valence-corrected chi connectivity index (χ4v) is 7.70. The maximum absolute atomic E-state index is 2.60. The number of allylic oxidation sites excluding steroid dienone is 2. The largest absolute Gasteiger partial charge is 0.0613 e. The lowest BCUT2D eigenvalue weighted by Gasteiger charge is -2.33. The van der Waals surface area contributed by atoms with Gasteiger partial charge in [0.1, 0.15) is 0 Å². The van der Waals surface area contributed by atoms with Crippen LogP contribution in [0.2, 0.25) is 0 Å². The number of fused-ring (bicyclic) bond motifs is 2. The first kappa shape index (κ1) is 24.4. The summed E-state index contributed by atoms with van der Waals surface area (Å²) in [6.07, 6.45) is 12.6. The lowest BCUT2D eigenvalue weighted by atomic mass is 9.71. The molecule has 39 heavy (non-hydrogen) atoms. The molecule has 0 saturated heterocycles. The summed E-state index contributed by atoms with van der Waals surface area (Å²) in [4.78, 5) is 0. The molecule has 0 aromatic heterocycles. The molecule has 1 fully saturated rings. The van der Waals surface area contributed by atoms with Gasteiger partial charge in [0.25, 0.3) is 0 Å². The summed E-state index contributed by atoms with van der Waals surface area (Å²) in [5.41, 5.74) is 20.4. The zero-order chi connectivity index (χ0) is 26.7. The summed E-state index contributed by atoms with van der Waals surface area (Å²) in [6.45, 7) is 8.91. The molecule has 0 amide bonds. The molecular weight excluding hydrogens is 468 g/mol. The Kier molecular flexibility index (Phi) is 5.78. The fraction of sp³-hybridized carbons (Fsp3) is 0.282. The highest BCUT2D eigenvalue weighted by Gasteiger charge is 2.43. The summed E-state index contributed by atoms with van der Waals surface area (Å²) in [7, 11) is 0. The van der Waals surface area contributed by atoms with Crippen molar-refractivity contribution in [3.63, 3.8) is 0 Å². The van der Waals surface area contributed by atoms with Crippen LogP contribution in [0.4, 0.5) is 0 Å². The van der Waals surface area contributed by atoms with Crippen molar-refractivity contribution in [1.29, 1.82) is 0 Å². The second kappa shape index (κ2) is 9.23. The molecule has 4 aromatic carbocycles. The van der Waals surface area contributed by atoms with E-state index in [0.29, 0.717) is 0 Å². The van der Waals surface area contributed by atoms with Gasteiger partial charge in [-0.15, -0.1) is 0 Å². The van der Waals surface area contributed by atoms with Crippen molar-refractivity contribution >= 4 is 12.2 Å². The highest BCUT2D eigenvalue weighted by molar-refractivity contribution is 5.86. The average molecular weight is 507 g/mol. The van der Waals surface area contributed by atoms with Gasteiger partial charge in [-0.2, -0.15) is 0 Å². The third kappa shape index (κ3) is 3.96. The van der Waals surface area contributed by atoms with Crippen LogP contribution in [0.5, 0.6) is 0 Å². The second-order valence-corrected chi connectivity index (χ2v) is 12.4. The number of rotatable bonds is 4. The van der Waals surface area contributed by atoms with E-state index in [-0.39, 0.29) is 5.41 Å². The number of hydrogen-bond acceptors (Lipinski definition) is 0. The van der Waals surface area contributed by atoms with E-state index in [0.717, 1.165) is 12.8 Å². The SMILES string of the molecule is Cc1ccc(C)c(-c2cccc3c2C=C(C2(C4=Cc5c(cccc5-c5cc(C)ccc5C)C4)CCCC2)C3)c1. The van der Waals surface area contributed by atoms with Gasteiger partial charge in [-0.25, -0.2) is 0 Å². The Morgan fingerprint density at radius 3 is 1.44 bits per heavy atom. The number of aryl methyl sites for hydroxylation is 4. The Balaban J connectivity index is 1.33. The van der Waals surface area contributed by atoms with Gasteiger partial charge in [0, 0.05) is 5.41 Å². The van der Waals surface area contributed by atoms with E-state index in [9.17, 15) is 0 Å². The van der Waals surface area contributed by atoms with Gasteiger partial charge >= 0.3 is 0 Å². The molecule has 3 aliphatic rings. The quantitative estimate of drug-likeness (QED) is 0.258. The number of hydrogen-bond donors (Lipinski definition) is 0. The van der Waals surface area contributed by atoms with Crippen molar-refractivity contribution < 1.29 is 0 Å². The minimum atomic E-state index is 0.190. The molecular formula is C39H38. The number of benzene rings is 4. The van der Waals surface area contributed by atoms with E-state index in [4.69, 9.17) is 0 Å². The van der Waals surface area contributed by atoms with Crippen LogP contribution in [0.1, 0.15) is 70.2 Å².